The van der Waals surface area contributed by atoms with Crippen LogP contribution in [0.25, 0.3) is 0 Å². The monoisotopic (exact) mass is 215 g/mol. The van der Waals surface area contributed by atoms with E-state index in [0.717, 1.165) is 19.3 Å². The van der Waals surface area contributed by atoms with Gasteiger partial charge in [-0.05, 0) is 19.3 Å². The Morgan fingerprint density at radius 3 is 2.73 bits per heavy atom. The van der Waals surface area contributed by atoms with Crippen molar-refractivity contribution in [1.82, 2.24) is 4.90 Å². The van der Waals surface area contributed by atoms with Crippen LogP contribution in [0.3, 0.4) is 0 Å². The van der Waals surface area contributed by atoms with Crippen LogP contribution >= 0.6 is 0 Å². The van der Waals surface area contributed by atoms with Gasteiger partial charge in [-0.2, -0.15) is 0 Å². The summed E-state index contributed by atoms with van der Waals surface area (Å²) in [6.07, 6.45) is 2.37. The van der Waals surface area contributed by atoms with E-state index < -0.39 is 5.97 Å². The van der Waals surface area contributed by atoms with Crippen molar-refractivity contribution in [2.45, 2.75) is 25.4 Å². The van der Waals surface area contributed by atoms with Crippen LogP contribution in [-0.4, -0.2) is 50.2 Å². The summed E-state index contributed by atoms with van der Waals surface area (Å²) in [5.74, 6) is -0.554. The van der Waals surface area contributed by atoms with Crippen molar-refractivity contribution in [1.29, 1.82) is 0 Å². The average Bonchev–Trinajstić information content (AvgIpc) is 2.29. The molecular formula is C10H17NO4. The highest BCUT2D eigenvalue weighted by Crippen LogP contribution is 2.14. The van der Waals surface area contributed by atoms with Crippen molar-refractivity contribution in [2.75, 3.05) is 27.3 Å². The summed E-state index contributed by atoms with van der Waals surface area (Å²) >= 11 is 0. The lowest BCUT2D eigenvalue weighted by molar-refractivity contribution is -0.152. The van der Waals surface area contributed by atoms with Gasteiger partial charge >= 0.3 is 5.97 Å². The fraction of sp³-hybridized carbons (Fsp3) is 0.800. The Bertz CT molecular complexity index is 236. The molecule has 0 spiro atoms. The second-order valence-corrected chi connectivity index (χ2v) is 3.63. The molecule has 1 atom stereocenters. The van der Waals surface area contributed by atoms with Crippen LogP contribution in [0.5, 0.6) is 0 Å². The number of carbonyl (C=O) groups is 2. The fourth-order valence-corrected chi connectivity index (χ4v) is 1.52. The zero-order valence-corrected chi connectivity index (χ0v) is 9.19. The van der Waals surface area contributed by atoms with E-state index in [-0.39, 0.29) is 18.6 Å². The Hall–Kier alpha value is -1.10. The molecule has 1 aliphatic heterocycles. The van der Waals surface area contributed by atoms with Gasteiger partial charge in [-0.1, -0.05) is 0 Å². The Kier molecular flexibility index (Phi) is 4.55. The van der Waals surface area contributed by atoms with Gasteiger partial charge in [-0.15, -0.1) is 0 Å². The number of carbonyl (C=O) groups excluding carboxylic acids is 2. The zero-order chi connectivity index (χ0) is 11.3. The minimum absolute atomic E-state index is 0.0187. The molecule has 0 aromatic rings. The van der Waals surface area contributed by atoms with E-state index in [4.69, 9.17) is 4.74 Å². The molecule has 1 amide bonds. The number of ether oxygens (including phenoxy) is 2. The van der Waals surface area contributed by atoms with Crippen molar-refractivity contribution in [3.05, 3.63) is 0 Å². The van der Waals surface area contributed by atoms with Crippen molar-refractivity contribution in [3.8, 4) is 0 Å². The first kappa shape index (κ1) is 12.0. The first-order chi connectivity index (χ1) is 7.15. The normalized spacial score (nSPS) is 20.8. The van der Waals surface area contributed by atoms with Crippen LogP contribution in [0.2, 0.25) is 0 Å². The topological polar surface area (TPSA) is 55.8 Å². The highest BCUT2D eigenvalue weighted by molar-refractivity contribution is 5.84. The molecule has 0 unspecified atom stereocenters. The Balaban J connectivity index is 2.40. The second-order valence-electron chi connectivity index (χ2n) is 3.63. The molecule has 5 nitrogen and oxygen atoms in total. The van der Waals surface area contributed by atoms with Gasteiger partial charge < -0.3 is 14.4 Å². The molecule has 0 saturated carbocycles. The number of hydrogen-bond acceptors (Lipinski definition) is 4. The molecule has 86 valence electrons. The SMILES string of the molecule is COC(=O)CN(C)C(=O)[C@@H]1CCCCO1. The third-order valence-corrected chi connectivity index (χ3v) is 2.43. The van der Waals surface area contributed by atoms with Crippen LogP contribution in [0.15, 0.2) is 0 Å². The average molecular weight is 215 g/mol. The van der Waals surface area contributed by atoms with Gasteiger partial charge in [0.2, 0.25) is 0 Å². The van der Waals surface area contributed by atoms with Crippen molar-refractivity contribution >= 4 is 11.9 Å². The van der Waals surface area contributed by atoms with E-state index in [1.807, 2.05) is 0 Å². The Morgan fingerprint density at radius 1 is 1.47 bits per heavy atom. The molecule has 1 aliphatic rings. The number of nitrogens with zero attached hydrogens (tertiary/aromatic N) is 1. The smallest absolute Gasteiger partial charge is 0.325 e. The molecule has 1 heterocycles. The molecule has 0 bridgehead atoms. The van der Waals surface area contributed by atoms with E-state index in [1.165, 1.54) is 12.0 Å². The first-order valence-electron chi connectivity index (χ1n) is 5.08. The van der Waals surface area contributed by atoms with Crippen LogP contribution < -0.4 is 0 Å². The van der Waals surface area contributed by atoms with E-state index in [9.17, 15) is 9.59 Å². The van der Waals surface area contributed by atoms with Gasteiger partial charge in [0.1, 0.15) is 12.6 Å². The molecule has 1 rings (SSSR count). The number of likely N-dealkylation sites (N-methyl/N-ethyl adjacent to an activating group) is 1. The van der Waals surface area contributed by atoms with Crippen LogP contribution in [0, 0.1) is 0 Å². The Morgan fingerprint density at radius 2 is 2.20 bits per heavy atom. The van der Waals surface area contributed by atoms with Crippen molar-refractivity contribution in [2.24, 2.45) is 0 Å². The van der Waals surface area contributed by atoms with Crippen molar-refractivity contribution in [3.63, 3.8) is 0 Å². The van der Waals surface area contributed by atoms with Gasteiger partial charge in [0.25, 0.3) is 5.91 Å². The minimum Gasteiger partial charge on any atom is -0.468 e. The third kappa shape index (κ3) is 3.51. The molecule has 1 saturated heterocycles. The molecule has 0 aromatic carbocycles. The summed E-state index contributed by atoms with van der Waals surface area (Å²) < 4.78 is 9.82. The summed E-state index contributed by atoms with van der Waals surface area (Å²) in [6.45, 7) is 0.609. The zero-order valence-electron chi connectivity index (χ0n) is 9.19. The van der Waals surface area contributed by atoms with Gasteiger partial charge in [0.15, 0.2) is 0 Å². The van der Waals surface area contributed by atoms with Gasteiger partial charge in [0.05, 0.1) is 7.11 Å². The van der Waals surface area contributed by atoms with E-state index in [0.29, 0.717) is 6.61 Å². The summed E-state index contributed by atoms with van der Waals surface area (Å²) in [5, 5.41) is 0. The van der Waals surface area contributed by atoms with E-state index >= 15 is 0 Å². The fourth-order valence-electron chi connectivity index (χ4n) is 1.52. The van der Waals surface area contributed by atoms with Gasteiger partial charge in [0, 0.05) is 13.7 Å². The maximum Gasteiger partial charge on any atom is 0.325 e. The van der Waals surface area contributed by atoms with Crippen LogP contribution in [0.4, 0.5) is 0 Å². The lowest BCUT2D eigenvalue weighted by Gasteiger charge is -2.25. The molecule has 0 N–H and O–H groups in total. The Labute approximate surface area is 89.3 Å². The maximum atomic E-state index is 11.7. The van der Waals surface area contributed by atoms with Gasteiger partial charge in [-0.3, -0.25) is 9.59 Å². The molecule has 15 heavy (non-hydrogen) atoms. The predicted molar refractivity (Wildman–Crippen MR) is 53.2 cm³/mol. The molecule has 0 aromatic heterocycles. The third-order valence-electron chi connectivity index (χ3n) is 2.43. The highest BCUT2D eigenvalue weighted by atomic mass is 16.5. The minimum atomic E-state index is -0.415. The summed E-state index contributed by atoms with van der Waals surface area (Å²) in [5.41, 5.74) is 0. The van der Waals surface area contributed by atoms with Gasteiger partial charge in [-0.25, -0.2) is 0 Å². The number of esters is 1. The van der Waals surface area contributed by atoms with Crippen LogP contribution in [0.1, 0.15) is 19.3 Å². The lowest BCUT2D eigenvalue weighted by atomic mass is 10.1. The number of methoxy groups -OCH3 is 1. The first-order valence-corrected chi connectivity index (χ1v) is 5.08. The number of hydrogen-bond donors (Lipinski definition) is 0. The lowest BCUT2D eigenvalue weighted by Crippen LogP contribution is -2.42. The van der Waals surface area contributed by atoms with E-state index in [2.05, 4.69) is 4.74 Å². The molecule has 0 aliphatic carbocycles. The summed E-state index contributed by atoms with van der Waals surface area (Å²) in [4.78, 5) is 24.0. The summed E-state index contributed by atoms with van der Waals surface area (Å²) in [6, 6.07) is 0. The molecule has 5 heteroatoms. The largest absolute Gasteiger partial charge is 0.468 e. The standard InChI is InChI=1S/C10H17NO4/c1-11(7-9(12)14-2)10(13)8-5-3-4-6-15-8/h8H,3-7H2,1-2H3/t8-/m0/s1. The quantitative estimate of drug-likeness (QED) is 0.630. The molecule has 0 radical (unpaired) electrons. The maximum absolute atomic E-state index is 11.7. The predicted octanol–water partition coefficient (Wildman–Crippen LogP) is 0.187. The highest BCUT2D eigenvalue weighted by Gasteiger charge is 2.25. The molecule has 1 fully saturated rings. The summed E-state index contributed by atoms with van der Waals surface area (Å²) in [7, 11) is 2.88. The van der Waals surface area contributed by atoms with Crippen molar-refractivity contribution < 1.29 is 19.1 Å². The number of amides is 1. The van der Waals surface area contributed by atoms with Crippen LogP contribution in [-0.2, 0) is 19.1 Å². The van der Waals surface area contributed by atoms with E-state index in [1.54, 1.807) is 7.05 Å². The second kappa shape index (κ2) is 5.70. The molecular weight excluding hydrogens is 198 g/mol. The number of rotatable bonds is 3.